The van der Waals surface area contributed by atoms with Crippen molar-refractivity contribution in [3.63, 3.8) is 0 Å². The molecule has 19 heavy (non-hydrogen) atoms. The van der Waals surface area contributed by atoms with Gasteiger partial charge in [-0.25, -0.2) is 13.1 Å². The van der Waals surface area contributed by atoms with Gasteiger partial charge in [0.15, 0.2) is 0 Å². The van der Waals surface area contributed by atoms with E-state index in [9.17, 15) is 8.42 Å². The van der Waals surface area contributed by atoms with E-state index in [1.165, 1.54) is 6.20 Å². The van der Waals surface area contributed by atoms with E-state index in [-0.39, 0.29) is 4.90 Å². The minimum absolute atomic E-state index is 0.248. The van der Waals surface area contributed by atoms with E-state index in [4.69, 9.17) is 0 Å². The van der Waals surface area contributed by atoms with Crippen molar-refractivity contribution in [2.75, 3.05) is 13.1 Å². The molecule has 0 saturated heterocycles. The summed E-state index contributed by atoms with van der Waals surface area (Å²) < 4.78 is 28.2. The number of sulfonamides is 1. The number of hydrogen-bond donors (Lipinski definition) is 2. The lowest BCUT2D eigenvalue weighted by Gasteiger charge is -2.07. The van der Waals surface area contributed by atoms with Gasteiger partial charge in [0.2, 0.25) is 10.0 Å². The van der Waals surface area contributed by atoms with Crippen LogP contribution in [0.1, 0.15) is 26.7 Å². The number of nitrogens with zero attached hydrogens (tertiary/aromatic N) is 2. The number of nitrogens with one attached hydrogen (secondary N) is 2. The lowest BCUT2D eigenvalue weighted by molar-refractivity contribution is 0.514. The quantitative estimate of drug-likeness (QED) is 0.732. The zero-order chi connectivity index (χ0) is 13.9. The maximum Gasteiger partial charge on any atom is 0.243 e. The highest BCUT2D eigenvalue weighted by molar-refractivity contribution is 7.89. The Labute approximate surface area is 114 Å². The van der Waals surface area contributed by atoms with Crippen LogP contribution in [0, 0.1) is 5.92 Å². The fourth-order valence-electron chi connectivity index (χ4n) is 1.71. The van der Waals surface area contributed by atoms with Crippen molar-refractivity contribution in [3.8, 4) is 0 Å². The SMILES string of the molecule is CC(C)NCCn1cc(S(=O)(=O)NCC2CC2)cn1. The van der Waals surface area contributed by atoms with Crippen molar-refractivity contribution >= 4 is 10.0 Å². The first-order valence-corrected chi connectivity index (χ1v) is 8.21. The Bertz CT molecular complexity index is 506. The summed E-state index contributed by atoms with van der Waals surface area (Å²) in [6.07, 6.45) is 5.24. The molecule has 0 spiro atoms. The molecule has 1 saturated carbocycles. The summed E-state index contributed by atoms with van der Waals surface area (Å²) in [6, 6.07) is 0.416. The average Bonchev–Trinajstić information content (AvgIpc) is 3.04. The summed E-state index contributed by atoms with van der Waals surface area (Å²) in [5.41, 5.74) is 0. The molecular weight excluding hydrogens is 264 g/mol. The van der Waals surface area contributed by atoms with Gasteiger partial charge in [0.05, 0.1) is 12.7 Å². The Morgan fingerprint density at radius 3 is 2.84 bits per heavy atom. The largest absolute Gasteiger partial charge is 0.313 e. The van der Waals surface area contributed by atoms with Crippen LogP contribution in [0.3, 0.4) is 0 Å². The molecule has 0 atom stereocenters. The predicted molar refractivity (Wildman–Crippen MR) is 73.3 cm³/mol. The molecule has 1 aliphatic rings. The Balaban J connectivity index is 1.87. The van der Waals surface area contributed by atoms with Crippen molar-refractivity contribution in [2.24, 2.45) is 5.92 Å². The van der Waals surface area contributed by atoms with Crippen molar-refractivity contribution < 1.29 is 8.42 Å². The first-order valence-electron chi connectivity index (χ1n) is 6.73. The molecule has 0 bridgehead atoms. The van der Waals surface area contributed by atoms with E-state index in [0.717, 1.165) is 19.4 Å². The first-order chi connectivity index (χ1) is 8.97. The number of rotatable bonds is 8. The van der Waals surface area contributed by atoms with Crippen LogP contribution < -0.4 is 10.0 Å². The summed E-state index contributed by atoms with van der Waals surface area (Å²) in [4.78, 5) is 0.248. The number of aromatic nitrogens is 2. The summed E-state index contributed by atoms with van der Waals surface area (Å²) >= 11 is 0. The molecule has 2 N–H and O–H groups in total. The molecular formula is C12H22N4O2S. The van der Waals surface area contributed by atoms with Gasteiger partial charge in [-0.3, -0.25) is 4.68 Å². The molecule has 1 aliphatic carbocycles. The van der Waals surface area contributed by atoms with Gasteiger partial charge >= 0.3 is 0 Å². The minimum atomic E-state index is -3.39. The second kappa shape index (κ2) is 6.02. The lowest BCUT2D eigenvalue weighted by Crippen LogP contribution is -2.27. The van der Waals surface area contributed by atoms with Crippen LogP contribution in [0.4, 0.5) is 0 Å². The zero-order valence-electron chi connectivity index (χ0n) is 11.5. The molecule has 0 aliphatic heterocycles. The van der Waals surface area contributed by atoms with E-state index in [2.05, 4.69) is 29.0 Å². The zero-order valence-corrected chi connectivity index (χ0v) is 12.3. The van der Waals surface area contributed by atoms with Crippen molar-refractivity contribution in [1.29, 1.82) is 0 Å². The third-order valence-corrected chi connectivity index (χ3v) is 4.45. The highest BCUT2D eigenvalue weighted by atomic mass is 32.2. The van der Waals surface area contributed by atoms with Crippen LogP contribution in [0.25, 0.3) is 0 Å². The Morgan fingerprint density at radius 1 is 1.47 bits per heavy atom. The summed E-state index contributed by atoms with van der Waals surface area (Å²) in [7, 11) is -3.39. The molecule has 7 heteroatoms. The fraction of sp³-hybridized carbons (Fsp3) is 0.750. The van der Waals surface area contributed by atoms with Gasteiger partial charge in [0, 0.05) is 25.3 Å². The van der Waals surface area contributed by atoms with Gasteiger partial charge in [-0.05, 0) is 18.8 Å². The third-order valence-electron chi connectivity index (χ3n) is 3.07. The lowest BCUT2D eigenvalue weighted by atomic mass is 10.4. The molecule has 1 aromatic heterocycles. The van der Waals surface area contributed by atoms with E-state index >= 15 is 0 Å². The van der Waals surface area contributed by atoms with Crippen molar-refractivity contribution in [3.05, 3.63) is 12.4 Å². The van der Waals surface area contributed by atoms with Gasteiger partial charge in [0.1, 0.15) is 4.90 Å². The van der Waals surface area contributed by atoms with Gasteiger partial charge in [-0.15, -0.1) is 0 Å². The molecule has 1 heterocycles. The van der Waals surface area contributed by atoms with E-state index < -0.39 is 10.0 Å². The second-order valence-electron chi connectivity index (χ2n) is 5.34. The van der Waals surface area contributed by atoms with Crippen LogP contribution in [-0.2, 0) is 16.6 Å². The predicted octanol–water partition coefficient (Wildman–Crippen LogP) is 0.569. The first kappa shape index (κ1) is 14.5. The van der Waals surface area contributed by atoms with Crippen LogP contribution in [0.15, 0.2) is 17.3 Å². The fourth-order valence-corrected chi connectivity index (χ4v) is 2.77. The Hall–Kier alpha value is -0.920. The molecule has 0 aromatic carbocycles. The molecule has 1 aromatic rings. The smallest absolute Gasteiger partial charge is 0.243 e. The second-order valence-corrected chi connectivity index (χ2v) is 7.11. The summed E-state index contributed by atoms with van der Waals surface area (Å²) in [5, 5.41) is 7.34. The Kier molecular flexibility index (Phi) is 4.59. The van der Waals surface area contributed by atoms with Crippen molar-refractivity contribution in [2.45, 2.75) is 44.2 Å². The summed E-state index contributed by atoms with van der Waals surface area (Å²) in [6.45, 7) is 6.12. The summed E-state index contributed by atoms with van der Waals surface area (Å²) in [5.74, 6) is 0.528. The standard InChI is InChI=1S/C12H22N4O2S/c1-10(2)13-5-6-16-9-12(8-14-16)19(17,18)15-7-11-3-4-11/h8-11,13,15H,3-7H2,1-2H3. The van der Waals surface area contributed by atoms with Gasteiger partial charge in [0.25, 0.3) is 0 Å². The number of hydrogen-bond acceptors (Lipinski definition) is 4. The van der Waals surface area contributed by atoms with Crippen LogP contribution in [0.5, 0.6) is 0 Å². The molecule has 108 valence electrons. The van der Waals surface area contributed by atoms with Crippen LogP contribution in [-0.4, -0.2) is 37.3 Å². The molecule has 2 rings (SSSR count). The highest BCUT2D eigenvalue weighted by Crippen LogP contribution is 2.28. The third kappa shape index (κ3) is 4.59. The van der Waals surface area contributed by atoms with Gasteiger partial charge in [-0.1, -0.05) is 13.8 Å². The molecule has 1 fully saturated rings. The monoisotopic (exact) mass is 286 g/mol. The van der Waals surface area contributed by atoms with Gasteiger partial charge < -0.3 is 5.32 Å². The topological polar surface area (TPSA) is 76.0 Å². The molecule has 0 amide bonds. The molecule has 6 nitrogen and oxygen atoms in total. The average molecular weight is 286 g/mol. The highest BCUT2D eigenvalue weighted by Gasteiger charge is 2.24. The molecule has 0 radical (unpaired) electrons. The van der Waals surface area contributed by atoms with E-state index in [1.54, 1.807) is 10.9 Å². The molecule has 0 unspecified atom stereocenters. The maximum absolute atomic E-state index is 12.0. The van der Waals surface area contributed by atoms with Crippen LogP contribution in [0.2, 0.25) is 0 Å². The van der Waals surface area contributed by atoms with E-state index in [0.29, 0.717) is 25.0 Å². The van der Waals surface area contributed by atoms with Gasteiger partial charge in [-0.2, -0.15) is 5.10 Å². The van der Waals surface area contributed by atoms with E-state index in [1.807, 2.05) is 0 Å². The normalized spacial score (nSPS) is 16.2. The Morgan fingerprint density at radius 2 is 2.21 bits per heavy atom. The minimum Gasteiger partial charge on any atom is -0.313 e. The van der Waals surface area contributed by atoms with Crippen molar-refractivity contribution in [1.82, 2.24) is 19.8 Å². The maximum atomic E-state index is 12.0. The van der Waals surface area contributed by atoms with Crippen LogP contribution >= 0.6 is 0 Å².